The molecule has 0 fully saturated rings. The van der Waals surface area contributed by atoms with E-state index in [1.165, 1.54) is 0 Å². The maximum atomic E-state index is 11.7. The van der Waals surface area contributed by atoms with Crippen LogP contribution in [-0.2, 0) is 9.59 Å². The first-order chi connectivity index (χ1) is 7.15. The first-order valence-electron chi connectivity index (χ1n) is 4.90. The van der Waals surface area contributed by atoms with Gasteiger partial charge in [-0.05, 0) is 7.05 Å². The number of rotatable bonds is 4. The number of hydrogen-bond donors (Lipinski definition) is 2. The maximum Gasteiger partial charge on any atom is 0.269 e. The van der Waals surface area contributed by atoms with E-state index in [-0.39, 0.29) is 11.8 Å². The number of carbonyl (C=O) groups is 2. The standard InChI is InChI=1S/C9H16N4O2/c1-10-5-6-13(2)9(15)7-3-4-8(14)12-11-7/h10H,3-6H2,1-2H3,(H,12,14). The van der Waals surface area contributed by atoms with E-state index in [9.17, 15) is 9.59 Å². The van der Waals surface area contributed by atoms with Gasteiger partial charge in [0.05, 0.1) is 0 Å². The molecule has 6 nitrogen and oxygen atoms in total. The van der Waals surface area contributed by atoms with Crippen molar-refractivity contribution >= 4 is 17.5 Å². The zero-order valence-electron chi connectivity index (χ0n) is 9.04. The van der Waals surface area contributed by atoms with Crippen LogP contribution in [0.1, 0.15) is 12.8 Å². The minimum Gasteiger partial charge on any atom is -0.339 e. The van der Waals surface area contributed by atoms with Gasteiger partial charge in [0.1, 0.15) is 5.71 Å². The highest BCUT2D eigenvalue weighted by Gasteiger charge is 2.20. The van der Waals surface area contributed by atoms with Gasteiger partial charge in [0.25, 0.3) is 5.91 Å². The molecule has 2 amide bonds. The zero-order valence-corrected chi connectivity index (χ0v) is 9.04. The molecule has 0 spiro atoms. The fourth-order valence-corrected chi connectivity index (χ4v) is 1.23. The Morgan fingerprint density at radius 2 is 2.33 bits per heavy atom. The molecule has 0 radical (unpaired) electrons. The Kier molecular flexibility index (Phi) is 4.23. The summed E-state index contributed by atoms with van der Waals surface area (Å²) >= 11 is 0. The Balaban J connectivity index is 2.49. The second kappa shape index (κ2) is 5.45. The fourth-order valence-electron chi connectivity index (χ4n) is 1.23. The van der Waals surface area contributed by atoms with Crippen LogP contribution in [0.2, 0.25) is 0 Å². The number of nitrogens with one attached hydrogen (secondary N) is 2. The Morgan fingerprint density at radius 3 is 2.87 bits per heavy atom. The highest BCUT2D eigenvalue weighted by molar-refractivity contribution is 6.39. The Labute approximate surface area is 88.7 Å². The molecule has 0 saturated carbocycles. The lowest BCUT2D eigenvalue weighted by molar-refractivity contribution is -0.123. The van der Waals surface area contributed by atoms with Crippen molar-refractivity contribution in [2.75, 3.05) is 27.2 Å². The Hall–Kier alpha value is -1.43. The molecule has 2 N–H and O–H groups in total. The third kappa shape index (κ3) is 3.32. The number of amides is 2. The van der Waals surface area contributed by atoms with Crippen LogP contribution in [0.5, 0.6) is 0 Å². The third-order valence-corrected chi connectivity index (χ3v) is 2.20. The molecule has 6 heteroatoms. The number of hydrazone groups is 1. The molecule has 0 saturated heterocycles. The van der Waals surface area contributed by atoms with Crippen molar-refractivity contribution in [1.82, 2.24) is 15.6 Å². The van der Waals surface area contributed by atoms with Gasteiger partial charge in [-0.3, -0.25) is 9.59 Å². The maximum absolute atomic E-state index is 11.7. The zero-order chi connectivity index (χ0) is 11.3. The number of hydrogen-bond acceptors (Lipinski definition) is 4. The van der Waals surface area contributed by atoms with E-state index < -0.39 is 0 Å². The van der Waals surface area contributed by atoms with Gasteiger partial charge in [0, 0.05) is 33.0 Å². The molecule has 1 aliphatic heterocycles. The normalized spacial score (nSPS) is 15.6. The van der Waals surface area contributed by atoms with E-state index in [4.69, 9.17) is 0 Å². The van der Waals surface area contributed by atoms with Crippen molar-refractivity contribution < 1.29 is 9.59 Å². The molecule has 0 aliphatic carbocycles. The number of carbonyl (C=O) groups excluding carboxylic acids is 2. The van der Waals surface area contributed by atoms with Crippen molar-refractivity contribution in [2.45, 2.75) is 12.8 Å². The van der Waals surface area contributed by atoms with Crippen LogP contribution in [0.25, 0.3) is 0 Å². The molecule has 15 heavy (non-hydrogen) atoms. The van der Waals surface area contributed by atoms with Crippen molar-refractivity contribution in [2.24, 2.45) is 5.10 Å². The first-order valence-corrected chi connectivity index (χ1v) is 4.90. The van der Waals surface area contributed by atoms with Crippen LogP contribution < -0.4 is 10.7 Å². The lowest BCUT2D eigenvalue weighted by Gasteiger charge is -2.19. The molecule has 84 valence electrons. The summed E-state index contributed by atoms with van der Waals surface area (Å²) in [5.41, 5.74) is 2.73. The van der Waals surface area contributed by atoms with Gasteiger partial charge in [0.15, 0.2) is 0 Å². The topological polar surface area (TPSA) is 73.8 Å². The molecule has 1 rings (SSSR count). The van der Waals surface area contributed by atoms with Gasteiger partial charge < -0.3 is 10.2 Å². The van der Waals surface area contributed by atoms with Crippen LogP contribution in [0, 0.1) is 0 Å². The molecule has 0 atom stereocenters. The van der Waals surface area contributed by atoms with Crippen molar-refractivity contribution in [3.63, 3.8) is 0 Å². The van der Waals surface area contributed by atoms with Gasteiger partial charge in [-0.1, -0.05) is 0 Å². The molecule has 1 aliphatic rings. The second-order valence-corrected chi connectivity index (χ2v) is 3.42. The summed E-state index contributed by atoms with van der Waals surface area (Å²) in [5, 5.41) is 6.71. The highest BCUT2D eigenvalue weighted by Crippen LogP contribution is 2.02. The molecule has 0 aromatic carbocycles. The first kappa shape index (κ1) is 11.6. The minimum absolute atomic E-state index is 0.120. The SMILES string of the molecule is CNCCN(C)C(=O)C1=NNC(=O)CC1. The lowest BCUT2D eigenvalue weighted by Crippen LogP contribution is -2.40. The second-order valence-electron chi connectivity index (χ2n) is 3.42. The summed E-state index contributed by atoms with van der Waals surface area (Å²) in [6.07, 6.45) is 0.763. The minimum atomic E-state index is -0.135. The summed E-state index contributed by atoms with van der Waals surface area (Å²) in [6.45, 7) is 1.37. The summed E-state index contributed by atoms with van der Waals surface area (Å²) < 4.78 is 0. The van der Waals surface area contributed by atoms with E-state index in [0.717, 1.165) is 6.54 Å². The molecular formula is C9H16N4O2. The van der Waals surface area contributed by atoms with Crippen molar-refractivity contribution in [3.8, 4) is 0 Å². The fraction of sp³-hybridized carbons (Fsp3) is 0.667. The third-order valence-electron chi connectivity index (χ3n) is 2.20. The quantitative estimate of drug-likeness (QED) is 0.623. The summed E-state index contributed by atoms with van der Waals surface area (Å²) in [4.78, 5) is 24.1. The smallest absolute Gasteiger partial charge is 0.269 e. The van der Waals surface area contributed by atoms with Gasteiger partial charge in [-0.2, -0.15) is 5.10 Å². The van der Waals surface area contributed by atoms with E-state index in [1.807, 2.05) is 7.05 Å². The van der Waals surface area contributed by atoms with Gasteiger partial charge in [-0.15, -0.1) is 0 Å². The molecular weight excluding hydrogens is 196 g/mol. The molecule has 1 heterocycles. The van der Waals surface area contributed by atoms with Crippen LogP contribution >= 0.6 is 0 Å². The van der Waals surface area contributed by atoms with Gasteiger partial charge in [-0.25, -0.2) is 5.43 Å². The molecule has 0 aromatic heterocycles. The Morgan fingerprint density at radius 1 is 1.60 bits per heavy atom. The summed E-state index contributed by atoms with van der Waals surface area (Å²) in [5.74, 6) is -0.255. The van der Waals surface area contributed by atoms with Crippen LogP contribution in [0.4, 0.5) is 0 Å². The summed E-state index contributed by atoms with van der Waals surface area (Å²) in [7, 11) is 3.55. The van der Waals surface area contributed by atoms with Crippen LogP contribution in [0.15, 0.2) is 5.10 Å². The predicted octanol–water partition coefficient (Wildman–Crippen LogP) is -1.07. The van der Waals surface area contributed by atoms with Crippen molar-refractivity contribution in [1.29, 1.82) is 0 Å². The Bertz CT molecular complexity index is 288. The van der Waals surface area contributed by atoms with Gasteiger partial charge in [0.2, 0.25) is 5.91 Å². The van der Waals surface area contributed by atoms with E-state index in [0.29, 0.717) is 25.1 Å². The molecule has 0 aromatic rings. The van der Waals surface area contributed by atoms with Crippen molar-refractivity contribution in [3.05, 3.63) is 0 Å². The largest absolute Gasteiger partial charge is 0.339 e. The monoisotopic (exact) mass is 212 g/mol. The van der Waals surface area contributed by atoms with E-state index in [2.05, 4.69) is 15.8 Å². The van der Waals surface area contributed by atoms with E-state index in [1.54, 1.807) is 11.9 Å². The predicted molar refractivity (Wildman–Crippen MR) is 56.4 cm³/mol. The average Bonchev–Trinajstić information content (AvgIpc) is 2.26. The highest BCUT2D eigenvalue weighted by atomic mass is 16.2. The van der Waals surface area contributed by atoms with Crippen LogP contribution in [-0.4, -0.2) is 49.6 Å². The number of nitrogens with zero attached hydrogens (tertiary/aromatic N) is 2. The number of likely N-dealkylation sites (N-methyl/N-ethyl adjacent to an activating group) is 2. The lowest BCUT2D eigenvalue weighted by atomic mass is 10.1. The summed E-state index contributed by atoms with van der Waals surface area (Å²) in [6, 6.07) is 0. The average molecular weight is 212 g/mol. The molecule has 0 bridgehead atoms. The van der Waals surface area contributed by atoms with E-state index >= 15 is 0 Å². The van der Waals surface area contributed by atoms with Gasteiger partial charge >= 0.3 is 0 Å². The van der Waals surface area contributed by atoms with Crippen LogP contribution in [0.3, 0.4) is 0 Å². The molecule has 0 unspecified atom stereocenters.